The molecule has 1 aliphatic rings. The molecule has 0 radical (unpaired) electrons. The predicted molar refractivity (Wildman–Crippen MR) is 93.0 cm³/mol. The maximum absolute atomic E-state index is 12.4. The molecular weight excluding hydrogens is 324 g/mol. The molecule has 3 rings (SSSR count). The maximum atomic E-state index is 12.4. The molecule has 0 aliphatic carbocycles. The summed E-state index contributed by atoms with van der Waals surface area (Å²) in [5.74, 6) is 0.214. The van der Waals surface area contributed by atoms with E-state index in [0.717, 1.165) is 5.56 Å². The van der Waals surface area contributed by atoms with Crippen LogP contribution in [-0.4, -0.2) is 34.7 Å². The number of halogens is 1. The monoisotopic (exact) mass is 342 g/mol. The summed E-state index contributed by atoms with van der Waals surface area (Å²) >= 11 is 5.86. The van der Waals surface area contributed by atoms with Crippen LogP contribution in [0.2, 0.25) is 5.02 Å². The molecule has 1 fully saturated rings. The second-order valence-electron chi connectivity index (χ2n) is 6.06. The van der Waals surface area contributed by atoms with E-state index >= 15 is 0 Å². The van der Waals surface area contributed by atoms with E-state index in [1.807, 2.05) is 17.0 Å². The highest BCUT2D eigenvalue weighted by atomic mass is 35.5. The molecule has 1 saturated heterocycles. The smallest absolute Gasteiger partial charge is 0.226 e. The summed E-state index contributed by atoms with van der Waals surface area (Å²) in [5.41, 5.74) is 1.61. The molecule has 0 unspecified atom stereocenters. The average Bonchev–Trinajstić information content (AvgIpc) is 2.64. The van der Waals surface area contributed by atoms with Crippen molar-refractivity contribution in [2.75, 3.05) is 13.1 Å². The van der Waals surface area contributed by atoms with Crippen LogP contribution in [0.4, 0.5) is 0 Å². The zero-order valence-electron chi connectivity index (χ0n) is 13.3. The largest absolute Gasteiger partial charge is 0.342 e. The maximum Gasteiger partial charge on any atom is 0.226 e. The summed E-state index contributed by atoms with van der Waals surface area (Å²) in [7, 11) is 0. The highest BCUT2D eigenvalue weighted by Crippen LogP contribution is 2.22. The number of rotatable bonds is 4. The van der Waals surface area contributed by atoms with Crippen molar-refractivity contribution in [1.82, 2.24) is 9.88 Å². The Hall–Kier alpha value is -2.20. The zero-order chi connectivity index (χ0) is 16.9. The summed E-state index contributed by atoms with van der Waals surface area (Å²) in [5, 5.41) is 0.668. The topological polar surface area (TPSA) is 50.3 Å². The van der Waals surface area contributed by atoms with Gasteiger partial charge in [0.25, 0.3) is 0 Å². The number of carbonyl (C=O) groups is 2. The van der Waals surface area contributed by atoms with Crippen LogP contribution in [-0.2, 0) is 11.2 Å². The lowest BCUT2D eigenvalue weighted by Crippen LogP contribution is -2.41. The van der Waals surface area contributed by atoms with Crippen molar-refractivity contribution in [3.8, 4) is 0 Å². The molecule has 5 heteroatoms. The van der Waals surface area contributed by atoms with Gasteiger partial charge in [0, 0.05) is 42.0 Å². The van der Waals surface area contributed by atoms with E-state index in [9.17, 15) is 9.59 Å². The molecular formula is C19H19ClN2O2. The van der Waals surface area contributed by atoms with Crippen LogP contribution in [0.3, 0.4) is 0 Å². The summed E-state index contributed by atoms with van der Waals surface area (Å²) < 4.78 is 0. The Balaban J connectivity index is 1.54. The van der Waals surface area contributed by atoms with Gasteiger partial charge in [0.15, 0.2) is 5.78 Å². The molecule has 0 spiro atoms. The Morgan fingerprint density at radius 3 is 2.46 bits per heavy atom. The van der Waals surface area contributed by atoms with Gasteiger partial charge in [-0.1, -0.05) is 23.7 Å². The average molecular weight is 343 g/mol. The molecule has 1 aromatic heterocycles. The van der Waals surface area contributed by atoms with Gasteiger partial charge in [0.1, 0.15) is 0 Å². The second-order valence-corrected chi connectivity index (χ2v) is 6.50. The van der Waals surface area contributed by atoms with Gasteiger partial charge in [0.05, 0.1) is 6.42 Å². The number of pyridine rings is 1. The number of likely N-dealkylation sites (tertiary alicyclic amines) is 1. The summed E-state index contributed by atoms with van der Waals surface area (Å²) in [4.78, 5) is 30.7. The Morgan fingerprint density at radius 2 is 1.83 bits per heavy atom. The lowest BCUT2D eigenvalue weighted by molar-refractivity contribution is -0.131. The van der Waals surface area contributed by atoms with Crippen molar-refractivity contribution < 1.29 is 9.59 Å². The molecule has 0 atom stereocenters. The molecule has 0 bridgehead atoms. The number of hydrogen-bond acceptors (Lipinski definition) is 3. The molecule has 1 amide bonds. The molecule has 0 saturated carbocycles. The number of aromatic nitrogens is 1. The van der Waals surface area contributed by atoms with Crippen molar-refractivity contribution in [3.05, 3.63) is 64.9 Å². The molecule has 4 nitrogen and oxygen atoms in total. The van der Waals surface area contributed by atoms with Gasteiger partial charge in [-0.05, 0) is 42.7 Å². The summed E-state index contributed by atoms with van der Waals surface area (Å²) in [6.07, 6.45) is 5.06. The quantitative estimate of drug-likeness (QED) is 0.800. The van der Waals surface area contributed by atoms with Crippen LogP contribution in [0, 0.1) is 5.92 Å². The van der Waals surface area contributed by atoms with Crippen molar-refractivity contribution in [1.29, 1.82) is 0 Å². The summed E-state index contributed by atoms with van der Waals surface area (Å²) in [6, 6.07) is 10.9. The zero-order valence-corrected chi connectivity index (χ0v) is 14.1. The van der Waals surface area contributed by atoms with Gasteiger partial charge in [-0.25, -0.2) is 0 Å². The number of nitrogens with zero attached hydrogens (tertiary/aromatic N) is 2. The number of ketones is 1. The van der Waals surface area contributed by atoms with Gasteiger partial charge in [-0.3, -0.25) is 14.6 Å². The van der Waals surface area contributed by atoms with Gasteiger partial charge < -0.3 is 4.90 Å². The first kappa shape index (κ1) is 16.7. The van der Waals surface area contributed by atoms with E-state index in [0.29, 0.717) is 42.9 Å². The van der Waals surface area contributed by atoms with Gasteiger partial charge in [0.2, 0.25) is 5.91 Å². The van der Waals surface area contributed by atoms with Crippen molar-refractivity contribution in [2.45, 2.75) is 19.3 Å². The van der Waals surface area contributed by atoms with E-state index < -0.39 is 0 Å². The highest BCUT2D eigenvalue weighted by molar-refractivity contribution is 6.30. The van der Waals surface area contributed by atoms with Crippen molar-refractivity contribution in [3.63, 3.8) is 0 Å². The Morgan fingerprint density at radius 1 is 1.12 bits per heavy atom. The minimum atomic E-state index is -0.0196. The van der Waals surface area contributed by atoms with Crippen LogP contribution in [0.25, 0.3) is 0 Å². The number of Topliss-reactive ketones (excluding diaryl/α,β-unsaturated/α-hetero) is 1. The first-order valence-electron chi connectivity index (χ1n) is 8.10. The second kappa shape index (κ2) is 7.58. The first-order valence-corrected chi connectivity index (χ1v) is 8.48. The lowest BCUT2D eigenvalue weighted by atomic mass is 9.89. The molecule has 24 heavy (non-hydrogen) atoms. The minimum Gasteiger partial charge on any atom is -0.342 e. The SMILES string of the molecule is O=C(c1cccnc1)C1CCN(C(=O)Cc2ccc(Cl)cc2)CC1. The fourth-order valence-electron chi connectivity index (χ4n) is 3.02. The Bertz CT molecular complexity index is 708. The highest BCUT2D eigenvalue weighted by Gasteiger charge is 2.27. The third-order valence-corrected chi connectivity index (χ3v) is 4.69. The molecule has 1 aliphatic heterocycles. The summed E-state index contributed by atoms with van der Waals surface area (Å²) in [6.45, 7) is 1.26. The van der Waals surface area contributed by atoms with Crippen LogP contribution < -0.4 is 0 Å². The first-order chi connectivity index (χ1) is 11.6. The van der Waals surface area contributed by atoms with E-state index in [2.05, 4.69) is 4.98 Å². The number of amides is 1. The molecule has 2 aromatic rings. The van der Waals surface area contributed by atoms with Gasteiger partial charge >= 0.3 is 0 Å². The standard InChI is InChI=1S/C19H19ClN2O2/c20-17-5-3-14(4-6-17)12-18(23)22-10-7-15(8-11-22)19(24)16-2-1-9-21-13-16/h1-6,9,13,15H,7-8,10-12H2. The number of piperidine rings is 1. The fraction of sp³-hybridized carbons (Fsp3) is 0.316. The number of hydrogen-bond donors (Lipinski definition) is 0. The third-order valence-electron chi connectivity index (χ3n) is 4.43. The normalized spacial score (nSPS) is 15.3. The van der Waals surface area contributed by atoms with Crippen LogP contribution in [0.1, 0.15) is 28.8 Å². The van der Waals surface area contributed by atoms with Crippen LogP contribution in [0.15, 0.2) is 48.8 Å². The van der Waals surface area contributed by atoms with Crippen LogP contribution >= 0.6 is 11.6 Å². The van der Waals surface area contributed by atoms with Gasteiger partial charge in [-0.2, -0.15) is 0 Å². The van der Waals surface area contributed by atoms with Crippen molar-refractivity contribution >= 4 is 23.3 Å². The van der Waals surface area contributed by atoms with Crippen LogP contribution in [0.5, 0.6) is 0 Å². The van der Waals surface area contributed by atoms with Gasteiger partial charge in [-0.15, -0.1) is 0 Å². The fourth-order valence-corrected chi connectivity index (χ4v) is 3.15. The third kappa shape index (κ3) is 4.01. The number of benzene rings is 1. The molecule has 124 valence electrons. The van der Waals surface area contributed by atoms with Crippen molar-refractivity contribution in [2.24, 2.45) is 5.92 Å². The van der Waals surface area contributed by atoms with E-state index in [1.54, 1.807) is 36.7 Å². The Kier molecular flexibility index (Phi) is 5.26. The molecule has 1 aromatic carbocycles. The lowest BCUT2D eigenvalue weighted by Gasteiger charge is -2.31. The minimum absolute atomic E-state index is 0.0196. The van der Waals surface area contributed by atoms with E-state index in [1.165, 1.54) is 0 Å². The number of carbonyl (C=O) groups excluding carboxylic acids is 2. The molecule has 0 N–H and O–H groups in total. The van der Waals surface area contributed by atoms with E-state index in [-0.39, 0.29) is 17.6 Å². The Labute approximate surface area is 146 Å². The predicted octanol–water partition coefficient (Wildman–Crippen LogP) is 3.40. The van der Waals surface area contributed by atoms with E-state index in [4.69, 9.17) is 11.6 Å². The molecule has 2 heterocycles.